The van der Waals surface area contributed by atoms with E-state index in [-0.39, 0.29) is 22.2 Å². The van der Waals surface area contributed by atoms with Gasteiger partial charge in [0.1, 0.15) is 5.82 Å². The average Bonchev–Trinajstić information content (AvgIpc) is 2.68. The van der Waals surface area contributed by atoms with Crippen molar-refractivity contribution in [1.29, 1.82) is 0 Å². The summed E-state index contributed by atoms with van der Waals surface area (Å²) in [5, 5.41) is 15.6. The van der Waals surface area contributed by atoms with E-state index in [2.05, 4.69) is 15.6 Å². The summed E-state index contributed by atoms with van der Waals surface area (Å²) in [5.41, 5.74) is -0.693. The molecule has 0 heterocycles. The number of aliphatic hydroxyl groups is 1. The van der Waals surface area contributed by atoms with Crippen molar-refractivity contribution >= 4 is 29.2 Å². The fraction of sp³-hybridized carbons (Fsp3) is 0.333. The average molecular weight is 458 g/mol. The Balaban J connectivity index is 1.84. The number of alkyl halides is 3. The molecule has 3 rings (SSSR count). The van der Waals surface area contributed by atoms with Gasteiger partial charge in [0.15, 0.2) is 0 Å². The van der Waals surface area contributed by atoms with E-state index < -0.39 is 35.6 Å². The maximum absolute atomic E-state index is 13.7. The number of amides is 1. The number of nitrogens with zero attached hydrogens (tertiary/aromatic N) is 1. The van der Waals surface area contributed by atoms with Gasteiger partial charge in [0.05, 0.1) is 17.7 Å². The van der Waals surface area contributed by atoms with Crippen LogP contribution in [-0.4, -0.2) is 29.1 Å². The predicted octanol–water partition coefficient (Wildman–Crippen LogP) is 5.00. The Bertz CT molecular complexity index is 944. The molecule has 2 aromatic carbocycles. The van der Waals surface area contributed by atoms with Crippen LogP contribution in [0.3, 0.4) is 0 Å². The van der Waals surface area contributed by atoms with Gasteiger partial charge >= 0.3 is 6.18 Å². The third-order valence-electron chi connectivity index (χ3n) is 4.82. The zero-order valence-electron chi connectivity index (χ0n) is 16.2. The summed E-state index contributed by atoms with van der Waals surface area (Å²) in [6.07, 6.45) is -2.38. The minimum atomic E-state index is -4.52. The first-order valence-corrected chi connectivity index (χ1v) is 9.97. The van der Waals surface area contributed by atoms with E-state index in [0.29, 0.717) is 12.8 Å². The Labute approximate surface area is 181 Å². The third-order valence-corrected chi connectivity index (χ3v) is 5.04. The number of aliphatic hydroxyl groups excluding tert-OH is 1. The highest BCUT2D eigenvalue weighted by Gasteiger charge is 2.30. The van der Waals surface area contributed by atoms with Gasteiger partial charge in [0, 0.05) is 16.3 Å². The molecule has 1 amide bonds. The second-order valence-electron chi connectivity index (χ2n) is 7.21. The van der Waals surface area contributed by atoms with Crippen molar-refractivity contribution in [2.45, 2.75) is 44.0 Å². The van der Waals surface area contributed by atoms with Crippen LogP contribution in [0, 0.1) is 5.82 Å². The lowest BCUT2D eigenvalue weighted by Gasteiger charge is -2.25. The molecule has 5 nitrogen and oxygen atoms in total. The van der Waals surface area contributed by atoms with Gasteiger partial charge in [-0.25, -0.2) is 9.38 Å². The predicted molar refractivity (Wildman–Crippen MR) is 110 cm³/mol. The van der Waals surface area contributed by atoms with Crippen molar-refractivity contribution in [2.24, 2.45) is 4.99 Å². The summed E-state index contributed by atoms with van der Waals surface area (Å²) in [5.74, 6) is -1.40. The number of aliphatic imine (C=N–C) groups is 1. The topological polar surface area (TPSA) is 73.7 Å². The van der Waals surface area contributed by atoms with E-state index in [0.717, 1.165) is 49.2 Å². The third kappa shape index (κ3) is 6.41. The monoisotopic (exact) mass is 457 g/mol. The van der Waals surface area contributed by atoms with Crippen LogP contribution in [0.25, 0.3) is 0 Å². The quantitative estimate of drug-likeness (QED) is 0.345. The minimum Gasteiger partial charge on any atom is -0.391 e. The Morgan fingerprint density at radius 3 is 2.39 bits per heavy atom. The Kier molecular flexibility index (Phi) is 7.17. The largest absolute Gasteiger partial charge is 0.416 e. The first kappa shape index (κ1) is 23.0. The van der Waals surface area contributed by atoms with Crippen LogP contribution in [-0.2, 0) is 6.18 Å². The van der Waals surface area contributed by atoms with Crippen LogP contribution in [0.2, 0.25) is 5.02 Å². The van der Waals surface area contributed by atoms with Gasteiger partial charge in [0.25, 0.3) is 5.91 Å². The molecule has 31 heavy (non-hydrogen) atoms. The molecule has 2 aromatic rings. The summed E-state index contributed by atoms with van der Waals surface area (Å²) in [4.78, 5) is 17.0. The van der Waals surface area contributed by atoms with Crippen molar-refractivity contribution in [3.63, 3.8) is 0 Å². The number of rotatable bonds is 3. The highest BCUT2D eigenvalue weighted by Crippen LogP contribution is 2.29. The Hall–Kier alpha value is -2.65. The van der Waals surface area contributed by atoms with Crippen LogP contribution < -0.4 is 10.6 Å². The van der Waals surface area contributed by atoms with E-state index in [4.69, 9.17) is 11.6 Å². The van der Waals surface area contributed by atoms with Crippen molar-refractivity contribution in [3.8, 4) is 0 Å². The van der Waals surface area contributed by atoms with Crippen molar-refractivity contribution in [3.05, 3.63) is 64.4 Å². The molecule has 0 radical (unpaired) electrons. The molecule has 1 aliphatic rings. The first-order chi connectivity index (χ1) is 14.6. The van der Waals surface area contributed by atoms with Gasteiger partial charge in [0.2, 0.25) is 5.96 Å². The molecule has 10 heteroatoms. The van der Waals surface area contributed by atoms with Crippen LogP contribution in [0.5, 0.6) is 0 Å². The van der Waals surface area contributed by atoms with Gasteiger partial charge in [-0.2, -0.15) is 13.2 Å². The SMILES string of the molecule is O=C(NC(=NC1CCCCC1O)Nc1cc(F)cc(Cl)c1)c1ccc(C(F)(F)F)cc1. The highest BCUT2D eigenvalue weighted by atomic mass is 35.5. The van der Waals surface area contributed by atoms with Crippen LogP contribution in [0.4, 0.5) is 23.2 Å². The standard InChI is InChI=1S/C21H20ClF4N3O2/c22-14-9-15(23)11-16(10-14)27-20(28-17-3-1-2-4-18(17)30)29-19(31)12-5-7-13(8-6-12)21(24,25)26/h5-11,17-18,30H,1-4H2,(H2,27,28,29,31). The van der Waals surface area contributed by atoms with E-state index in [1.807, 2.05) is 0 Å². The molecular formula is C21H20ClF4N3O2. The lowest BCUT2D eigenvalue weighted by atomic mass is 9.93. The maximum atomic E-state index is 13.7. The molecule has 1 aliphatic carbocycles. The van der Waals surface area contributed by atoms with Crippen LogP contribution in [0.15, 0.2) is 47.5 Å². The maximum Gasteiger partial charge on any atom is 0.416 e. The number of benzene rings is 2. The molecule has 2 unspecified atom stereocenters. The molecule has 3 N–H and O–H groups in total. The number of nitrogens with one attached hydrogen (secondary N) is 2. The second-order valence-corrected chi connectivity index (χ2v) is 7.65. The van der Waals surface area contributed by atoms with Gasteiger partial charge in [-0.15, -0.1) is 0 Å². The molecule has 0 bridgehead atoms. The number of halogens is 5. The fourth-order valence-corrected chi connectivity index (χ4v) is 3.48. The Morgan fingerprint density at radius 1 is 1.10 bits per heavy atom. The van der Waals surface area contributed by atoms with Crippen molar-refractivity contribution in [1.82, 2.24) is 5.32 Å². The second kappa shape index (κ2) is 9.65. The fourth-order valence-electron chi connectivity index (χ4n) is 3.26. The number of hydrogen-bond donors (Lipinski definition) is 3. The van der Waals surface area contributed by atoms with Crippen molar-refractivity contribution in [2.75, 3.05) is 5.32 Å². The summed E-state index contributed by atoms with van der Waals surface area (Å²) in [6.45, 7) is 0. The summed E-state index contributed by atoms with van der Waals surface area (Å²) in [6, 6.07) is 6.87. The number of anilines is 1. The first-order valence-electron chi connectivity index (χ1n) is 9.59. The van der Waals surface area contributed by atoms with E-state index >= 15 is 0 Å². The zero-order valence-corrected chi connectivity index (χ0v) is 17.0. The van der Waals surface area contributed by atoms with E-state index in [1.165, 1.54) is 6.07 Å². The molecule has 0 aliphatic heterocycles. The van der Waals surface area contributed by atoms with E-state index in [9.17, 15) is 27.5 Å². The van der Waals surface area contributed by atoms with Gasteiger partial charge < -0.3 is 10.4 Å². The number of guanidine groups is 1. The summed E-state index contributed by atoms with van der Waals surface area (Å²) in [7, 11) is 0. The van der Waals surface area contributed by atoms with Gasteiger partial charge in [-0.1, -0.05) is 24.4 Å². The van der Waals surface area contributed by atoms with Gasteiger partial charge in [-0.3, -0.25) is 10.1 Å². The molecule has 0 aromatic heterocycles. The highest BCUT2D eigenvalue weighted by molar-refractivity contribution is 6.31. The number of hydrogen-bond acceptors (Lipinski definition) is 3. The molecule has 1 fully saturated rings. The number of carbonyl (C=O) groups excluding carboxylic acids is 1. The Morgan fingerprint density at radius 2 is 1.77 bits per heavy atom. The van der Waals surface area contributed by atoms with Crippen LogP contribution in [0.1, 0.15) is 41.6 Å². The molecule has 0 spiro atoms. The van der Waals surface area contributed by atoms with Crippen LogP contribution >= 0.6 is 11.6 Å². The molecule has 1 saturated carbocycles. The molecule has 0 saturated heterocycles. The summed E-state index contributed by atoms with van der Waals surface area (Å²) >= 11 is 5.86. The van der Waals surface area contributed by atoms with Gasteiger partial charge in [-0.05, 0) is 55.3 Å². The minimum absolute atomic E-state index is 0.0241. The zero-order chi connectivity index (χ0) is 22.6. The van der Waals surface area contributed by atoms with E-state index in [1.54, 1.807) is 0 Å². The lowest BCUT2D eigenvalue weighted by molar-refractivity contribution is -0.137. The molecule has 166 valence electrons. The lowest BCUT2D eigenvalue weighted by Crippen LogP contribution is -2.39. The van der Waals surface area contributed by atoms with Crippen molar-refractivity contribution < 1.29 is 27.5 Å². The smallest absolute Gasteiger partial charge is 0.391 e. The molecule has 2 atom stereocenters. The summed E-state index contributed by atoms with van der Waals surface area (Å²) < 4.78 is 51.9. The molecular weight excluding hydrogens is 438 g/mol. The normalized spacial score (nSPS) is 19.7. The number of carbonyl (C=O) groups is 1.